The molecule has 1 nitrogen and oxygen atoms in total. The summed E-state index contributed by atoms with van der Waals surface area (Å²) < 4.78 is 2.04. The Morgan fingerprint density at radius 1 is 1.46 bits per heavy atom. The van der Waals surface area contributed by atoms with E-state index in [4.69, 9.17) is 11.6 Å². The van der Waals surface area contributed by atoms with E-state index in [2.05, 4.69) is 41.9 Å². The molecule has 0 N–H and O–H groups in total. The van der Waals surface area contributed by atoms with Crippen LogP contribution in [0, 0.1) is 0 Å². The largest absolute Gasteiger partial charge is 0.271 e. The van der Waals surface area contributed by atoms with E-state index in [0.29, 0.717) is 0 Å². The zero-order valence-corrected chi connectivity index (χ0v) is 10.9. The van der Waals surface area contributed by atoms with Gasteiger partial charge in [-0.05, 0) is 19.8 Å². The standard InChI is InChI=1S/C9H9ClINS/c1-6-9(10)12(11)7-4-2-3-5-8(7)13-6/h4-5H,2-3H2,1H3. The highest BCUT2D eigenvalue weighted by molar-refractivity contribution is 14.1. The fourth-order valence-corrected chi connectivity index (χ4v) is 3.70. The van der Waals surface area contributed by atoms with Crippen LogP contribution in [0.4, 0.5) is 0 Å². The van der Waals surface area contributed by atoms with Gasteiger partial charge in [0.05, 0.1) is 28.6 Å². The molecule has 0 aromatic carbocycles. The van der Waals surface area contributed by atoms with Crippen LogP contribution < -0.4 is 0 Å². The second-order valence-corrected chi connectivity index (χ2v) is 5.54. The maximum atomic E-state index is 6.15. The van der Waals surface area contributed by atoms with Crippen LogP contribution in [-0.2, 0) is 0 Å². The Hall–Kier alpha value is 0.390. The average Bonchev–Trinajstić information content (AvgIpc) is 2.15. The Kier molecular flexibility index (Phi) is 2.95. The van der Waals surface area contributed by atoms with E-state index in [1.807, 2.05) is 3.11 Å². The van der Waals surface area contributed by atoms with Crippen molar-refractivity contribution in [1.29, 1.82) is 0 Å². The summed E-state index contributed by atoms with van der Waals surface area (Å²) in [6.07, 6.45) is 6.82. The smallest absolute Gasteiger partial charge is 0.127 e. The topological polar surface area (TPSA) is 3.24 Å². The van der Waals surface area contributed by atoms with Gasteiger partial charge in [-0.25, -0.2) is 0 Å². The lowest BCUT2D eigenvalue weighted by Gasteiger charge is -2.29. The molecule has 13 heavy (non-hydrogen) atoms. The van der Waals surface area contributed by atoms with Gasteiger partial charge in [-0.1, -0.05) is 35.5 Å². The predicted molar refractivity (Wildman–Crippen MR) is 67.4 cm³/mol. The van der Waals surface area contributed by atoms with Crippen LogP contribution in [0.25, 0.3) is 0 Å². The summed E-state index contributed by atoms with van der Waals surface area (Å²) in [6, 6.07) is 0. The molecule has 0 unspecified atom stereocenters. The number of fused-ring (bicyclic) bond motifs is 1. The van der Waals surface area contributed by atoms with Gasteiger partial charge in [0, 0.05) is 9.81 Å². The molecule has 1 aliphatic heterocycles. The first-order valence-electron chi connectivity index (χ1n) is 4.11. The molecular weight excluding hydrogens is 317 g/mol. The van der Waals surface area contributed by atoms with Crippen molar-refractivity contribution in [2.24, 2.45) is 0 Å². The molecule has 0 bridgehead atoms. The van der Waals surface area contributed by atoms with Crippen molar-refractivity contribution >= 4 is 46.2 Å². The highest BCUT2D eigenvalue weighted by atomic mass is 127. The molecule has 1 aliphatic carbocycles. The molecule has 0 fully saturated rings. The van der Waals surface area contributed by atoms with E-state index < -0.39 is 0 Å². The van der Waals surface area contributed by atoms with Gasteiger partial charge in [0.15, 0.2) is 0 Å². The molecule has 0 amide bonds. The second kappa shape index (κ2) is 3.87. The highest BCUT2D eigenvalue weighted by Gasteiger charge is 2.24. The lowest BCUT2D eigenvalue weighted by molar-refractivity contribution is 0.790. The Morgan fingerprint density at radius 2 is 2.15 bits per heavy atom. The predicted octanol–water partition coefficient (Wildman–Crippen LogP) is 4.37. The summed E-state index contributed by atoms with van der Waals surface area (Å²) in [5.74, 6) is 0. The van der Waals surface area contributed by atoms with Crippen LogP contribution >= 0.6 is 46.2 Å². The third kappa shape index (κ3) is 1.78. The molecular formula is C9H9ClINS. The molecule has 0 aromatic rings. The van der Waals surface area contributed by atoms with Crippen molar-refractivity contribution in [2.45, 2.75) is 19.8 Å². The van der Waals surface area contributed by atoms with E-state index in [9.17, 15) is 0 Å². The van der Waals surface area contributed by atoms with Crippen molar-refractivity contribution in [3.63, 3.8) is 0 Å². The highest BCUT2D eigenvalue weighted by Crippen LogP contribution is 2.46. The van der Waals surface area contributed by atoms with Gasteiger partial charge in [0.1, 0.15) is 5.16 Å². The number of rotatable bonds is 0. The molecule has 0 saturated carbocycles. The fraction of sp³-hybridized carbons (Fsp3) is 0.333. The Labute approximate surface area is 101 Å². The fourth-order valence-electron chi connectivity index (χ4n) is 1.36. The van der Waals surface area contributed by atoms with E-state index in [1.165, 1.54) is 15.5 Å². The SMILES string of the molecule is CC1=C(Cl)N(I)C2=CCCC=C2S1. The van der Waals surface area contributed by atoms with Gasteiger partial charge >= 0.3 is 0 Å². The number of nitrogens with zero attached hydrogens (tertiary/aromatic N) is 1. The van der Waals surface area contributed by atoms with Gasteiger partial charge in [0.25, 0.3) is 0 Å². The van der Waals surface area contributed by atoms with E-state index in [0.717, 1.165) is 18.0 Å². The van der Waals surface area contributed by atoms with Gasteiger partial charge in [0.2, 0.25) is 0 Å². The molecule has 4 heteroatoms. The normalized spacial score (nSPS) is 22.5. The van der Waals surface area contributed by atoms with Gasteiger partial charge in [-0.2, -0.15) is 0 Å². The molecule has 0 radical (unpaired) electrons. The van der Waals surface area contributed by atoms with Crippen LogP contribution in [0.1, 0.15) is 19.8 Å². The first-order chi connectivity index (χ1) is 6.20. The van der Waals surface area contributed by atoms with Crippen molar-refractivity contribution in [1.82, 2.24) is 3.11 Å². The van der Waals surface area contributed by atoms with Crippen molar-refractivity contribution in [2.75, 3.05) is 0 Å². The summed E-state index contributed by atoms with van der Waals surface area (Å²) in [4.78, 5) is 2.53. The first kappa shape index (κ1) is 9.93. The van der Waals surface area contributed by atoms with E-state index in [-0.39, 0.29) is 0 Å². The monoisotopic (exact) mass is 325 g/mol. The van der Waals surface area contributed by atoms with Gasteiger partial charge < -0.3 is 0 Å². The molecule has 1 heterocycles. The van der Waals surface area contributed by atoms with E-state index in [1.54, 1.807) is 11.8 Å². The number of allylic oxidation sites excluding steroid dienone is 3. The summed E-state index contributed by atoms with van der Waals surface area (Å²) in [6.45, 7) is 2.06. The van der Waals surface area contributed by atoms with Crippen LogP contribution in [0.2, 0.25) is 0 Å². The first-order valence-corrected chi connectivity index (χ1v) is 6.27. The average molecular weight is 326 g/mol. The molecule has 0 saturated heterocycles. The molecule has 2 aliphatic rings. The lowest BCUT2D eigenvalue weighted by atomic mass is 10.1. The second-order valence-electron chi connectivity index (χ2n) is 2.96. The molecule has 0 atom stereocenters. The summed E-state index contributed by atoms with van der Waals surface area (Å²) >= 11 is 10.2. The number of halogens is 2. The maximum absolute atomic E-state index is 6.15. The maximum Gasteiger partial charge on any atom is 0.127 e. The zero-order valence-electron chi connectivity index (χ0n) is 7.18. The van der Waals surface area contributed by atoms with Crippen LogP contribution in [0.5, 0.6) is 0 Å². The number of thioether (sulfide) groups is 1. The summed E-state index contributed by atoms with van der Waals surface area (Å²) in [5.41, 5.74) is 1.26. The van der Waals surface area contributed by atoms with Crippen LogP contribution in [0.3, 0.4) is 0 Å². The van der Waals surface area contributed by atoms with Crippen molar-refractivity contribution in [3.8, 4) is 0 Å². The van der Waals surface area contributed by atoms with E-state index >= 15 is 0 Å². The zero-order chi connectivity index (χ0) is 9.42. The molecule has 0 aromatic heterocycles. The molecule has 70 valence electrons. The molecule has 2 rings (SSSR count). The molecule has 0 spiro atoms. The van der Waals surface area contributed by atoms with Crippen LogP contribution in [-0.4, -0.2) is 3.11 Å². The minimum atomic E-state index is 0.843. The third-order valence-electron chi connectivity index (χ3n) is 2.02. The Morgan fingerprint density at radius 3 is 2.92 bits per heavy atom. The summed E-state index contributed by atoms with van der Waals surface area (Å²) in [7, 11) is 0. The Bertz CT molecular complexity index is 333. The van der Waals surface area contributed by atoms with Gasteiger partial charge in [-0.15, -0.1) is 0 Å². The van der Waals surface area contributed by atoms with Crippen LogP contribution in [0.15, 0.2) is 32.8 Å². The minimum absolute atomic E-state index is 0.843. The lowest BCUT2D eigenvalue weighted by Crippen LogP contribution is -2.14. The minimum Gasteiger partial charge on any atom is -0.271 e. The summed E-state index contributed by atoms with van der Waals surface area (Å²) in [5, 5.41) is 0.843. The number of hydrogen-bond donors (Lipinski definition) is 0. The quantitative estimate of drug-likeness (QED) is 0.369. The van der Waals surface area contributed by atoms with Gasteiger partial charge in [-0.3, -0.25) is 3.11 Å². The van der Waals surface area contributed by atoms with Crippen molar-refractivity contribution < 1.29 is 0 Å². The van der Waals surface area contributed by atoms with Crippen molar-refractivity contribution in [3.05, 3.63) is 32.8 Å². The number of hydrogen-bond acceptors (Lipinski definition) is 2. The Balaban J connectivity index is 2.42. The third-order valence-corrected chi connectivity index (χ3v) is 4.97.